The quantitative estimate of drug-likeness (QED) is 0.779. The van der Waals surface area contributed by atoms with Crippen molar-refractivity contribution < 1.29 is 14.3 Å². The van der Waals surface area contributed by atoms with Crippen LogP contribution >= 0.6 is 11.6 Å². The van der Waals surface area contributed by atoms with E-state index in [1.54, 1.807) is 20.8 Å². The molecule has 1 aromatic carbocycles. The van der Waals surface area contributed by atoms with Gasteiger partial charge in [-0.1, -0.05) is 23.7 Å². The number of aryl methyl sites for hydroxylation is 1. The first-order chi connectivity index (χ1) is 9.69. The van der Waals surface area contributed by atoms with E-state index >= 15 is 0 Å². The molecule has 0 aliphatic carbocycles. The third-order valence-corrected chi connectivity index (χ3v) is 3.79. The summed E-state index contributed by atoms with van der Waals surface area (Å²) in [4.78, 5) is 25.5. The van der Waals surface area contributed by atoms with Crippen molar-refractivity contribution in [2.24, 2.45) is 0 Å². The highest BCUT2D eigenvalue weighted by Crippen LogP contribution is 2.35. The first-order valence-electron chi connectivity index (χ1n) is 7.00. The van der Waals surface area contributed by atoms with Crippen molar-refractivity contribution in [3.63, 3.8) is 0 Å². The topological polar surface area (TPSA) is 46.6 Å². The first-order valence-corrected chi connectivity index (χ1v) is 7.38. The van der Waals surface area contributed by atoms with Crippen molar-refractivity contribution in [2.75, 3.05) is 0 Å². The summed E-state index contributed by atoms with van der Waals surface area (Å²) in [6.07, 6.45) is 0.346. The molecular weight excluding hydrogens is 290 g/mol. The summed E-state index contributed by atoms with van der Waals surface area (Å²) in [7, 11) is 0. The van der Waals surface area contributed by atoms with Crippen LogP contribution in [0.25, 0.3) is 0 Å². The van der Waals surface area contributed by atoms with E-state index < -0.39 is 11.7 Å². The van der Waals surface area contributed by atoms with E-state index in [2.05, 4.69) is 0 Å². The lowest BCUT2D eigenvalue weighted by Gasteiger charge is -2.27. The van der Waals surface area contributed by atoms with Crippen LogP contribution in [-0.2, 0) is 9.53 Å². The summed E-state index contributed by atoms with van der Waals surface area (Å²) in [5, 5.41) is 0.635. The molecule has 0 N–H and O–H groups in total. The van der Waals surface area contributed by atoms with Crippen LogP contribution in [0, 0.1) is 6.92 Å². The summed E-state index contributed by atoms with van der Waals surface area (Å²) in [6.45, 7) is 7.26. The van der Waals surface area contributed by atoms with Gasteiger partial charge < -0.3 is 4.74 Å². The van der Waals surface area contributed by atoms with E-state index in [4.69, 9.17) is 16.3 Å². The fourth-order valence-electron chi connectivity index (χ4n) is 2.36. The van der Waals surface area contributed by atoms with Crippen LogP contribution in [0.15, 0.2) is 18.2 Å². The lowest BCUT2D eigenvalue weighted by atomic mass is 10.0. The molecular formula is C16H20ClNO3. The molecule has 21 heavy (non-hydrogen) atoms. The minimum atomic E-state index is -0.630. The zero-order valence-electron chi connectivity index (χ0n) is 12.8. The van der Waals surface area contributed by atoms with Gasteiger partial charge in [-0.25, -0.2) is 9.69 Å². The molecule has 4 nitrogen and oxygen atoms in total. The fourth-order valence-corrected chi connectivity index (χ4v) is 2.54. The Labute approximate surface area is 130 Å². The van der Waals surface area contributed by atoms with E-state index in [1.807, 2.05) is 25.1 Å². The van der Waals surface area contributed by atoms with Crippen LogP contribution in [0.2, 0.25) is 5.02 Å². The van der Waals surface area contributed by atoms with E-state index in [-0.39, 0.29) is 11.9 Å². The molecule has 5 heteroatoms. The van der Waals surface area contributed by atoms with Gasteiger partial charge in [0, 0.05) is 11.4 Å². The van der Waals surface area contributed by atoms with Gasteiger partial charge >= 0.3 is 6.09 Å². The normalized spacial score (nSPS) is 19.0. The summed E-state index contributed by atoms with van der Waals surface area (Å²) >= 11 is 6.14. The van der Waals surface area contributed by atoms with Crippen LogP contribution < -0.4 is 0 Å². The number of likely N-dealkylation sites (tertiary alicyclic amines) is 1. The maximum atomic E-state index is 12.3. The van der Waals surface area contributed by atoms with Gasteiger partial charge in [0.2, 0.25) is 5.91 Å². The van der Waals surface area contributed by atoms with E-state index in [0.29, 0.717) is 17.9 Å². The van der Waals surface area contributed by atoms with Crippen molar-refractivity contribution >= 4 is 23.6 Å². The number of halogens is 1. The van der Waals surface area contributed by atoms with Crippen molar-refractivity contribution in [1.82, 2.24) is 4.90 Å². The average Bonchev–Trinajstić information content (AvgIpc) is 2.72. The van der Waals surface area contributed by atoms with Crippen molar-refractivity contribution in [3.05, 3.63) is 34.3 Å². The molecule has 0 saturated carbocycles. The third-order valence-electron chi connectivity index (χ3n) is 3.38. The predicted molar refractivity (Wildman–Crippen MR) is 81.2 cm³/mol. The number of carbonyl (C=O) groups is 2. The molecule has 0 spiro atoms. The second kappa shape index (κ2) is 5.68. The average molecular weight is 310 g/mol. The summed E-state index contributed by atoms with van der Waals surface area (Å²) < 4.78 is 5.33. The number of ether oxygens (including phenoxy) is 1. The summed E-state index contributed by atoms with van der Waals surface area (Å²) in [5.41, 5.74) is 1.20. The third kappa shape index (κ3) is 3.56. The lowest BCUT2D eigenvalue weighted by molar-refractivity contribution is -0.128. The number of carbonyl (C=O) groups excluding carboxylic acids is 2. The summed E-state index contributed by atoms with van der Waals surface area (Å²) in [5.74, 6) is -0.203. The van der Waals surface area contributed by atoms with Gasteiger partial charge in [-0.2, -0.15) is 0 Å². The number of rotatable bonds is 1. The highest BCUT2D eigenvalue weighted by atomic mass is 35.5. The smallest absolute Gasteiger partial charge is 0.417 e. The molecule has 1 fully saturated rings. The Morgan fingerprint density at radius 2 is 2.05 bits per heavy atom. The Kier molecular flexibility index (Phi) is 4.28. The number of imide groups is 1. The van der Waals surface area contributed by atoms with Gasteiger partial charge in [-0.15, -0.1) is 0 Å². The highest BCUT2D eigenvalue weighted by Gasteiger charge is 2.39. The Morgan fingerprint density at radius 1 is 1.38 bits per heavy atom. The minimum Gasteiger partial charge on any atom is -0.443 e. The minimum absolute atomic E-state index is 0.203. The number of hydrogen-bond donors (Lipinski definition) is 0. The Balaban J connectivity index is 2.28. The monoisotopic (exact) mass is 309 g/mol. The van der Waals surface area contributed by atoms with Crippen LogP contribution in [-0.4, -0.2) is 22.5 Å². The molecule has 0 aromatic heterocycles. The molecule has 2 rings (SSSR count). The van der Waals surface area contributed by atoms with Crippen molar-refractivity contribution in [1.29, 1.82) is 0 Å². The molecule has 2 amide bonds. The molecule has 0 radical (unpaired) electrons. The SMILES string of the molecule is Cc1ccc(C2CCC(=O)N2C(=O)OC(C)(C)C)cc1Cl. The largest absolute Gasteiger partial charge is 0.443 e. The number of hydrogen-bond acceptors (Lipinski definition) is 3. The Morgan fingerprint density at radius 3 is 2.62 bits per heavy atom. The standard InChI is InChI=1S/C16H20ClNO3/c1-10-5-6-11(9-12(10)17)13-7-8-14(19)18(13)15(20)21-16(2,3)4/h5-6,9,13H,7-8H2,1-4H3. The first kappa shape index (κ1) is 15.8. The Bertz CT molecular complexity index is 577. The van der Waals surface area contributed by atoms with Crippen molar-refractivity contribution in [3.8, 4) is 0 Å². The van der Waals surface area contributed by atoms with Crippen LogP contribution in [0.3, 0.4) is 0 Å². The van der Waals surface area contributed by atoms with Gasteiger partial charge in [0.15, 0.2) is 0 Å². The second-order valence-electron chi connectivity index (χ2n) is 6.31. The maximum absolute atomic E-state index is 12.3. The molecule has 1 aliphatic rings. The van der Waals surface area contributed by atoms with E-state index in [0.717, 1.165) is 11.1 Å². The molecule has 1 unspecified atom stereocenters. The molecule has 1 saturated heterocycles. The zero-order valence-corrected chi connectivity index (χ0v) is 13.5. The molecule has 1 heterocycles. The van der Waals surface area contributed by atoms with Crippen LogP contribution in [0.1, 0.15) is 50.8 Å². The zero-order chi connectivity index (χ0) is 15.8. The van der Waals surface area contributed by atoms with Gasteiger partial charge in [-0.05, 0) is 51.3 Å². The Hall–Kier alpha value is -1.55. The van der Waals surface area contributed by atoms with Gasteiger partial charge in [0.1, 0.15) is 5.60 Å². The van der Waals surface area contributed by atoms with Crippen LogP contribution in [0.5, 0.6) is 0 Å². The second-order valence-corrected chi connectivity index (χ2v) is 6.71. The molecule has 114 valence electrons. The molecule has 0 bridgehead atoms. The van der Waals surface area contributed by atoms with Gasteiger partial charge in [0.25, 0.3) is 0 Å². The fraction of sp³-hybridized carbons (Fsp3) is 0.500. The number of nitrogens with zero attached hydrogens (tertiary/aromatic N) is 1. The molecule has 1 aromatic rings. The van der Waals surface area contributed by atoms with Crippen LogP contribution in [0.4, 0.5) is 4.79 Å². The number of benzene rings is 1. The van der Waals surface area contributed by atoms with E-state index in [9.17, 15) is 9.59 Å². The molecule has 1 aliphatic heterocycles. The molecule has 1 atom stereocenters. The summed E-state index contributed by atoms with van der Waals surface area (Å²) in [6, 6.07) is 5.32. The maximum Gasteiger partial charge on any atom is 0.417 e. The van der Waals surface area contributed by atoms with Gasteiger partial charge in [0.05, 0.1) is 6.04 Å². The number of amides is 2. The predicted octanol–water partition coefficient (Wildman–Crippen LogP) is 4.25. The van der Waals surface area contributed by atoms with E-state index in [1.165, 1.54) is 4.90 Å². The van der Waals surface area contributed by atoms with Crippen molar-refractivity contribution in [2.45, 2.75) is 52.2 Å². The lowest BCUT2D eigenvalue weighted by Crippen LogP contribution is -2.38. The van der Waals surface area contributed by atoms with Gasteiger partial charge in [-0.3, -0.25) is 4.79 Å². The highest BCUT2D eigenvalue weighted by molar-refractivity contribution is 6.31.